The van der Waals surface area contributed by atoms with Crippen LogP contribution >= 0.6 is 24.0 Å². The van der Waals surface area contributed by atoms with Gasteiger partial charge in [0.25, 0.3) is 0 Å². The first-order valence-electron chi connectivity index (χ1n) is 4.88. The number of nitrogens with one attached hydrogen (secondary N) is 1. The van der Waals surface area contributed by atoms with E-state index < -0.39 is 0 Å². The topological polar surface area (TPSA) is 21.3 Å². The van der Waals surface area contributed by atoms with E-state index in [0.717, 1.165) is 12.3 Å². The monoisotopic (exact) mass is 247 g/mol. The lowest BCUT2D eigenvalue weighted by Crippen LogP contribution is -2.12. The molecule has 1 aliphatic rings. The Hall–Kier alpha value is -0.440. The molecule has 15 heavy (non-hydrogen) atoms. The summed E-state index contributed by atoms with van der Waals surface area (Å²) < 4.78 is 5.19. The van der Waals surface area contributed by atoms with Crippen molar-refractivity contribution in [2.45, 2.75) is 18.9 Å². The van der Waals surface area contributed by atoms with Crippen LogP contribution in [0.5, 0.6) is 5.75 Å². The second kappa shape index (κ2) is 5.59. The molecular weight excluding hydrogens is 233 g/mol. The summed E-state index contributed by atoms with van der Waals surface area (Å²) in [6.45, 7) is 1.11. The van der Waals surface area contributed by atoms with Crippen molar-refractivity contribution in [1.29, 1.82) is 0 Å². The Morgan fingerprint density at radius 3 is 2.87 bits per heavy atom. The van der Waals surface area contributed by atoms with E-state index in [-0.39, 0.29) is 12.4 Å². The Balaban J connectivity index is 0.00000112. The minimum Gasteiger partial charge on any atom is -0.495 e. The summed E-state index contributed by atoms with van der Waals surface area (Å²) in [4.78, 5) is 0. The van der Waals surface area contributed by atoms with Crippen LogP contribution in [-0.2, 0) is 0 Å². The lowest BCUT2D eigenvalue weighted by atomic mass is 10.1. The molecule has 1 atom stereocenters. The lowest BCUT2D eigenvalue weighted by Gasteiger charge is -2.12. The molecule has 1 heterocycles. The van der Waals surface area contributed by atoms with Crippen molar-refractivity contribution in [2.24, 2.45) is 0 Å². The highest BCUT2D eigenvalue weighted by Gasteiger charge is 2.16. The molecule has 0 saturated carbocycles. The van der Waals surface area contributed by atoms with Crippen LogP contribution in [0.4, 0.5) is 0 Å². The minimum absolute atomic E-state index is 0. The Bertz CT molecular complexity index is 324. The molecule has 0 unspecified atom stereocenters. The van der Waals surface area contributed by atoms with Crippen LogP contribution in [0, 0.1) is 0 Å². The van der Waals surface area contributed by atoms with Crippen molar-refractivity contribution < 1.29 is 4.74 Å². The van der Waals surface area contributed by atoms with E-state index in [1.165, 1.54) is 18.4 Å². The summed E-state index contributed by atoms with van der Waals surface area (Å²) in [6, 6.07) is 6.45. The SMILES string of the molecule is COc1cc([C@@H]2CCCN2)ccc1Cl.Cl. The zero-order valence-electron chi connectivity index (χ0n) is 8.63. The molecule has 2 nitrogen and oxygen atoms in total. The number of benzene rings is 1. The molecule has 2 rings (SSSR count). The van der Waals surface area contributed by atoms with Crippen LogP contribution in [0.1, 0.15) is 24.4 Å². The molecule has 0 aromatic heterocycles. The maximum absolute atomic E-state index is 5.96. The third kappa shape index (κ3) is 2.77. The summed E-state index contributed by atoms with van der Waals surface area (Å²) in [5, 5.41) is 4.12. The van der Waals surface area contributed by atoms with Gasteiger partial charge in [-0.3, -0.25) is 0 Å². The van der Waals surface area contributed by atoms with Gasteiger partial charge in [-0.1, -0.05) is 17.7 Å². The summed E-state index contributed by atoms with van der Waals surface area (Å²) in [6.07, 6.45) is 2.44. The molecule has 84 valence electrons. The second-order valence-electron chi connectivity index (χ2n) is 3.54. The van der Waals surface area contributed by atoms with Gasteiger partial charge in [0.05, 0.1) is 12.1 Å². The largest absolute Gasteiger partial charge is 0.495 e. The number of hydrogen-bond acceptors (Lipinski definition) is 2. The second-order valence-corrected chi connectivity index (χ2v) is 3.95. The number of rotatable bonds is 2. The fraction of sp³-hybridized carbons (Fsp3) is 0.455. The molecule has 1 N–H and O–H groups in total. The zero-order chi connectivity index (χ0) is 9.97. The smallest absolute Gasteiger partial charge is 0.137 e. The normalized spacial score (nSPS) is 19.7. The Morgan fingerprint density at radius 2 is 2.27 bits per heavy atom. The summed E-state index contributed by atoms with van der Waals surface area (Å²) in [5.74, 6) is 0.762. The molecule has 0 amide bonds. The molecule has 1 fully saturated rings. The van der Waals surface area contributed by atoms with Crippen molar-refractivity contribution in [3.63, 3.8) is 0 Å². The Kier molecular flexibility index (Phi) is 4.71. The summed E-state index contributed by atoms with van der Waals surface area (Å²) in [7, 11) is 1.65. The molecule has 1 aromatic rings. The number of hydrogen-bond donors (Lipinski definition) is 1. The number of ether oxygens (including phenoxy) is 1. The van der Waals surface area contributed by atoms with Crippen molar-refractivity contribution in [3.8, 4) is 5.75 Å². The van der Waals surface area contributed by atoms with Crippen LogP contribution in [-0.4, -0.2) is 13.7 Å². The predicted octanol–water partition coefficient (Wildman–Crippen LogP) is 3.19. The standard InChI is InChI=1S/C11H14ClNO.ClH/c1-14-11-7-8(4-5-9(11)12)10-3-2-6-13-10;/h4-5,7,10,13H,2-3,6H2,1H3;1H/t10-;/m0./s1. The zero-order valence-corrected chi connectivity index (χ0v) is 10.2. The average molecular weight is 248 g/mol. The summed E-state index contributed by atoms with van der Waals surface area (Å²) in [5.41, 5.74) is 1.27. The highest BCUT2D eigenvalue weighted by Crippen LogP contribution is 2.30. The molecular formula is C11H15Cl2NO. The van der Waals surface area contributed by atoms with Crippen LogP contribution < -0.4 is 10.1 Å². The first-order chi connectivity index (χ1) is 6.81. The first-order valence-corrected chi connectivity index (χ1v) is 5.26. The molecule has 4 heteroatoms. The van der Waals surface area contributed by atoms with E-state index in [1.54, 1.807) is 7.11 Å². The molecule has 0 bridgehead atoms. The van der Waals surface area contributed by atoms with Gasteiger partial charge in [-0.25, -0.2) is 0 Å². The van der Waals surface area contributed by atoms with E-state index >= 15 is 0 Å². The van der Waals surface area contributed by atoms with E-state index in [2.05, 4.69) is 11.4 Å². The van der Waals surface area contributed by atoms with Gasteiger partial charge < -0.3 is 10.1 Å². The van der Waals surface area contributed by atoms with Crippen LogP contribution in [0.15, 0.2) is 18.2 Å². The van der Waals surface area contributed by atoms with E-state index in [4.69, 9.17) is 16.3 Å². The van der Waals surface area contributed by atoms with Crippen LogP contribution in [0.2, 0.25) is 5.02 Å². The lowest BCUT2D eigenvalue weighted by molar-refractivity contribution is 0.413. The van der Waals surface area contributed by atoms with E-state index in [0.29, 0.717) is 11.1 Å². The average Bonchev–Trinajstić information content (AvgIpc) is 2.71. The van der Waals surface area contributed by atoms with Crippen LogP contribution in [0.25, 0.3) is 0 Å². The maximum Gasteiger partial charge on any atom is 0.137 e. The van der Waals surface area contributed by atoms with Gasteiger partial charge in [-0.05, 0) is 37.1 Å². The molecule has 0 spiro atoms. The Morgan fingerprint density at radius 1 is 1.47 bits per heavy atom. The fourth-order valence-electron chi connectivity index (χ4n) is 1.86. The molecule has 1 aromatic carbocycles. The van der Waals surface area contributed by atoms with E-state index in [1.807, 2.05) is 12.1 Å². The maximum atomic E-state index is 5.96. The summed E-state index contributed by atoms with van der Waals surface area (Å²) >= 11 is 5.96. The highest BCUT2D eigenvalue weighted by atomic mass is 35.5. The molecule has 0 radical (unpaired) electrons. The van der Waals surface area contributed by atoms with Gasteiger partial charge in [-0.15, -0.1) is 12.4 Å². The van der Waals surface area contributed by atoms with Gasteiger partial charge in [0.2, 0.25) is 0 Å². The van der Waals surface area contributed by atoms with E-state index in [9.17, 15) is 0 Å². The first kappa shape index (κ1) is 12.6. The Labute approximate surface area is 101 Å². The van der Waals surface area contributed by atoms with Crippen molar-refractivity contribution in [3.05, 3.63) is 28.8 Å². The number of halogens is 2. The third-order valence-electron chi connectivity index (χ3n) is 2.64. The highest BCUT2D eigenvalue weighted by molar-refractivity contribution is 6.32. The van der Waals surface area contributed by atoms with Gasteiger partial charge in [0, 0.05) is 6.04 Å². The molecule has 1 saturated heterocycles. The molecule has 1 aliphatic heterocycles. The fourth-order valence-corrected chi connectivity index (χ4v) is 2.06. The van der Waals surface area contributed by atoms with Gasteiger partial charge in [0.15, 0.2) is 0 Å². The van der Waals surface area contributed by atoms with Crippen molar-refractivity contribution >= 4 is 24.0 Å². The molecule has 0 aliphatic carbocycles. The number of methoxy groups -OCH3 is 1. The van der Waals surface area contributed by atoms with Crippen molar-refractivity contribution in [2.75, 3.05) is 13.7 Å². The van der Waals surface area contributed by atoms with Gasteiger partial charge in [0.1, 0.15) is 5.75 Å². The van der Waals surface area contributed by atoms with Crippen LogP contribution in [0.3, 0.4) is 0 Å². The minimum atomic E-state index is 0. The van der Waals surface area contributed by atoms with Gasteiger partial charge in [-0.2, -0.15) is 0 Å². The van der Waals surface area contributed by atoms with Crippen molar-refractivity contribution in [1.82, 2.24) is 5.32 Å². The van der Waals surface area contributed by atoms with Gasteiger partial charge >= 0.3 is 0 Å². The predicted molar refractivity (Wildman–Crippen MR) is 65.2 cm³/mol. The third-order valence-corrected chi connectivity index (χ3v) is 2.95. The quantitative estimate of drug-likeness (QED) is 0.867.